The summed E-state index contributed by atoms with van der Waals surface area (Å²) in [6.07, 6.45) is 0.239. The van der Waals surface area contributed by atoms with Gasteiger partial charge in [0.05, 0.1) is 18.0 Å². The molecule has 2 saturated heterocycles. The number of ether oxygens (including phenoxy) is 1. The summed E-state index contributed by atoms with van der Waals surface area (Å²) in [7, 11) is 1.73. The molecule has 0 aromatic rings. The molecule has 1 saturated carbocycles. The van der Waals surface area contributed by atoms with Gasteiger partial charge in [0.25, 0.3) is 5.92 Å². The first kappa shape index (κ1) is 20.3. The average Bonchev–Trinajstić information content (AvgIpc) is 2.90. The van der Waals surface area contributed by atoms with Crippen molar-refractivity contribution in [2.45, 2.75) is 64.1 Å². The highest BCUT2D eigenvalue weighted by Gasteiger charge is 2.63. The van der Waals surface area contributed by atoms with E-state index in [4.69, 9.17) is 4.74 Å². The monoisotopic (exact) mass is 389 g/mol. The van der Waals surface area contributed by atoms with E-state index in [-0.39, 0.29) is 5.92 Å². The highest BCUT2D eigenvalue weighted by atomic mass is 19.3. The van der Waals surface area contributed by atoms with Gasteiger partial charge in [-0.15, -0.1) is 0 Å². The maximum Gasteiger partial charge on any atom is 0.410 e. The second-order valence-corrected chi connectivity index (χ2v) is 9.48. The number of halogens is 2. The number of hydrogen-bond donors (Lipinski definition) is 1. The van der Waals surface area contributed by atoms with E-state index < -0.39 is 47.6 Å². The van der Waals surface area contributed by atoms with E-state index in [1.807, 2.05) is 0 Å². The van der Waals surface area contributed by atoms with Gasteiger partial charge in [0.1, 0.15) is 11.6 Å². The number of likely N-dealkylation sites (tertiary alicyclic amines) is 1. The van der Waals surface area contributed by atoms with Gasteiger partial charge in [-0.1, -0.05) is 0 Å². The number of rotatable bonds is 3. The summed E-state index contributed by atoms with van der Waals surface area (Å²) >= 11 is 0. The molecule has 1 aliphatic carbocycles. The molecule has 0 aromatic heterocycles. The van der Waals surface area contributed by atoms with Crippen LogP contribution in [-0.2, 0) is 9.53 Å². The highest BCUT2D eigenvalue weighted by molar-refractivity contribution is 5.75. The molecule has 2 aliphatic heterocycles. The van der Waals surface area contributed by atoms with Crippen LogP contribution in [0.2, 0.25) is 0 Å². The molecule has 154 valence electrons. The highest BCUT2D eigenvalue weighted by Crippen LogP contribution is 2.48. The third-order valence-electron chi connectivity index (χ3n) is 5.86. The van der Waals surface area contributed by atoms with Gasteiger partial charge < -0.3 is 9.84 Å². The number of carboxylic acids is 1. The summed E-state index contributed by atoms with van der Waals surface area (Å²) in [5.41, 5.74) is -1.51. The second kappa shape index (κ2) is 6.27. The fourth-order valence-electron chi connectivity index (χ4n) is 4.65. The lowest BCUT2D eigenvalue weighted by Gasteiger charge is -2.45. The van der Waals surface area contributed by atoms with Crippen LogP contribution in [0.5, 0.6) is 0 Å². The van der Waals surface area contributed by atoms with Crippen molar-refractivity contribution in [1.82, 2.24) is 14.9 Å². The van der Waals surface area contributed by atoms with Gasteiger partial charge in [-0.25, -0.2) is 23.6 Å². The average molecular weight is 389 g/mol. The van der Waals surface area contributed by atoms with E-state index in [0.717, 1.165) is 4.90 Å². The van der Waals surface area contributed by atoms with Crippen molar-refractivity contribution in [3.8, 4) is 0 Å². The zero-order valence-electron chi connectivity index (χ0n) is 16.5. The number of hydrogen-bond acceptors (Lipinski definition) is 5. The Labute approximate surface area is 158 Å². The number of amides is 1. The maximum absolute atomic E-state index is 14.8. The molecule has 2 atom stereocenters. The van der Waals surface area contributed by atoms with Crippen LogP contribution in [-0.4, -0.2) is 82.4 Å². The molecule has 0 unspecified atom stereocenters. The summed E-state index contributed by atoms with van der Waals surface area (Å²) in [5.74, 6) is -3.83. The van der Waals surface area contributed by atoms with Gasteiger partial charge in [0.2, 0.25) is 0 Å². The zero-order chi connectivity index (χ0) is 20.4. The van der Waals surface area contributed by atoms with E-state index in [2.05, 4.69) is 0 Å². The number of nitrogens with zero attached hydrogens (tertiary/aromatic N) is 3. The topological polar surface area (TPSA) is 73.3 Å². The van der Waals surface area contributed by atoms with Crippen molar-refractivity contribution in [2.75, 3.05) is 26.7 Å². The van der Waals surface area contributed by atoms with Crippen molar-refractivity contribution in [1.29, 1.82) is 0 Å². The minimum absolute atomic E-state index is 0.0543. The number of aliphatic carboxylic acids is 1. The third kappa shape index (κ3) is 3.63. The molecule has 0 spiro atoms. The first-order chi connectivity index (χ1) is 12.2. The van der Waals surface area contributed by atoms with Crippen molar-refractivity contribution in [3.05, 3.63) is 0 Å². The van der Waals surface area contributed by atoms with E-state index in [9.17, 15) is 23.5 Å². The van der Waals surface area contributed by atoms with Crippen molar-refractivity contribution >= 4 is 12.1 Å². The van der Waals surface area contributed by atoms with E-state index in [1.165, 1.54) is 0 Å². The molecule has 3 aliphatic rings. The van der Waals surface area contributed by atoms with E-state index >= 15 is 0 Å². The number of carbonyl (C=O) groups excluding carboxylic acids is 1. The Balaban J connectivity index is 1.71. The minimum atomic E-state index is -3.05. The van der Waals surface area contributed by atoms with E-state index in [1.54, 1.807) is 44.8 Å². The maximum atomic E-state index is 14.8. The molecule has 0 aromatic carbocycles. The zero-order valence-corrected chi connectivity index (χ0v) is 16.5. The summed E-state index contributed by atoms with van der Waals surface area (Å²) < 4.78 is 34.9. The van der Waals surface area contributed by atoms with Crippen LogP contribution >= 0.6 is 0 Å². The van der Waals surface area contributed by atoms with Gasteiger partial charge >= 0.3 is 12.1 Å². The largest absolute Gasteiger partial charge is 0.481 e. The molecule has 2 heterocycles. The van der Waals surface area contributed by atoms with Crippen LogP contribution in [0.25, 0.3) is 0 Å². The number of fused-ring (bicyclic) bond motifs is 1. The number of likely N-dealkylation sites (N-methyl/N-ethyl adjacent to an activating group) is 1. The molecule has 1 amide bonds. The van der Waals surface area contributed by atoms with Crippen LogP contribution in [0, 0.1) is 11.3 Å². The lowest BCUT2D eigenvalue weighted by molar-refractivity contribution is -0.160. The van der Waals surface area contributed by atoms with Crippen LogP contribution in [0.3, 0.4) is 0 Å². The summed E-state index contributed by atoms with van der Waals surface area (Å²) in [6.45, 7) is 6.84. The van der Waals surface area contributed by atoms with Crippen LogP contribution in [0.4, 0.5) is 13.6 Å². The molecule has 0 bridgehead atoms. The first-order valence-corrected chi connectivity index (χ1v) is 9.32. The van der Waals surface area contributed by atoms with Gasteiger partial charge in [0, 0.05) is 20.1 Å². The molecule has 3 rings (SSSR count). The van der Waals surface area contributed by atoms with Crippen LogP contribution in [0.15, 0.2) is 0 Å². The summed E-state index contributed by atoms with van der Waals surface area (Å²) in [4.78, 5) is 24.8. The Bertz CT molecular complexity index is 631. The fraction of sp³-hybridized carbons (Fsp3) is 0.889. The predicted molar refractivity (Wildman–Crippen MR) is 93.3 cm³/mol. The molecule has 7 nitrogen and oxygen atoms in total. The number of carbonyl (C=O) groups is 2. The van der Waals surface area contributed by atoms with Crippen LogP contribution < -0.4 is 0 Å². The quantitative estimate of drug-likeness (QED) is 0.798. The van der Waals surface area contributed by atoms with Crippen molar-refractivity contribution in [3.63, 3.8) is 0 Å². The van der Waals surface area contributed by atoms with Crippen molar-refractivity contribution in [2.24, 2.45) is 11.3 Å². The summed E-state index contributed by atoms with van der Waals surface area (Å²) in [5, 5.41) is 12.6. The van der Waals surface area contributed by atoms with Crippen LogP contribution in [0.1, 0.15) is 40.5 Å². The molecule has 0 radical (unpaired) electrons. The Kier molecular flexibility index (Phi) is 4.70. The minimum Gasteiger partial charge on any atom is -0.481 e. The summed E-state index contributed by atoms with van der Waals surface area (Å²) in [6, 6.07) is -1.75. The fourth-order valence-corrected chi connectivity index (χ4v) is 4.65. The number of carboxylic acid groups (broad SMARTS) is 1. The Morgan fingerprint density at radius 2 is 1.85 bits per heavy atom. The SMILES string of the molecule is CN1C[C@H]2[C@@H](N1CC1CC(C)(C(=O)O)C1)C(F)(F)CN2C(=O)OC(C)(C)C. The predicted octanol–water partition coefficient (Wildman–Crippen LogP) is 2.27. The first-order valence-electron chi connectivity index (χ1n) is 9.32. The normalized spacial score (nSPS) is 36.4. The number of hydrazine groups is 1. The molecule has 9 heteroatoms. The number of alkyl halides is 2. The third-order valence-corrected chi connectivity index (χ3v) is 5.86. The van der Waals surface area contributed by atoms with Gasteiger partial charge in [0.15, 0.2) is 0 Å². The molecule has 1 N–H and O–H groups in total. The molecular formula is C18H29F2N3O4. The van der Waals surface area contributed by atoms with Crippen molar-refractivity contribution < 1.29 is 28.2 Å². The van der Waals surface area contributed by atoms with Gasteiger partial charge in [-0.05, 0) is 46.5 Å². The standard InChI is InChI=1S/C18H29F2N3O4/c1-16(2,3)27-15(26)22-10-18(19,20)13-12(22)9-21(5)23(13)8-11-6-17(4,7-11)14(24)25/h11-13H,6-10H2,1-5H3,(H,24,25)/t11?,12-,13+,17?/m0/s1. The van der Waals surface area contributed by atoms with E-state index in [0.29, 0.717) is 25.9 Å². The molecular weight excluding hydrogens is 360 g/mol. The van der Waals surface area contributed by atoms with Gasteiger partial charge in [-0.2, -0.15) is 0 Å². The smallest absolute Gasteiger partial charge is 0.410 e. The Morgan fingerprint density at radius 1 is 1.26 bits per heavy atom. The Morgan fingerprint density at radius 3 is 2.37 bits per heavy atom. The second-order valence-electron chi connectivity index (χ2n) is 9.48. The lowest BCUT2D eigenvalue weighted by atomic mass is 9.63. The Hall–Kier alpha value is -1.48. The molecule has 27 heavy (non-hydrogen) atoms. The lowest BCUT2D eigenvalue weighted by Crippen LogP contribution is -2.53. The van der Waals surface area contributed by atoms with Gasteiger partial charge in [-0.3, -0.25) is 9.69 Å². The molecule has 3 fully saturated rings.